The molecule has 0 atom stereocenters. The summed E-state index contributed by atoms with van der Waals surface area (Å²) in [6, 6.07) is 17.1. The van der Waals surface area contributed by atoms with Crippen LogP contribution in [0.3, 0.4) is 0 Å². The molecule has 0 unspecified atom stereocenters. The van der Waals surface area contributed by atoms with Crippen molar-refractivity contribution in [2.75, 3.05) is 20.6 Å². The molecule has 0 saturated carbocycles. The number of rotatable bonds is 5. The van der Waals surface area contributed by atoms with E-state index in [1.807, 2.05) is 6.07 Å². The minimum Gasteiger partial charge on any atom is -0.473 e. The molecule has 148 valence electrons. The van der Waals surface area contributed by atoms with Gasteiger partial charge in [0.1, 0.15) is 5.69 Å². The van der Waals surface area contributed by atoms with Gasteiger partial charge in [0.15, 0.2) is 0 Å². The van der Waals surface area contributed by atoms with Gasteiger partial charge in [-0.3, -0.25) is 4.68 Å². The molecule has 0 fully saturated rings. The van der Waals surface area contributed by atoms with Gasteiger partial charge in [0.25, 0.3) is 0 Å². The van der Waals surface area contributed by atoms with Crippen LogP contribution in [0.5, 0.6) is 0 Å². The van der Waals surface area contributed by atoms with E-state index in [9.17, 15) is 0 Å². The fourth-order valence-corrected chi connectivity index (χ4v) is 2.81. The van der Waals surface area contributed by atoms with Crippen LogP contribution in [0.15, 0.2) is 48.5 Å². The molecule has 0 aliphatic carbocycles. The minimum absolute atomic E-state index is 0.949. The number of carbonyl (C=O) groups is 2. The zero-order valence-corrected chi connectivity index (χ0v) is 16.3. The SMILES string of the molecule is Cc1ccc2c(c1)c(-c1ccccc1)nn2CCCN(C)C.O=C(O)C(=O)O. The molecule has 2 aromatic carbocycles. The van der Waals surface area contributed by atoms with Crippen LogP contribution in [-0.4, -0.2) is 57.5 Å². The number of aromatic nitrogens is 2. The summed E-state index contributed by atoms with van der Waals surface area (Å²) in [4.78, 5) is 20.4. The van der Waals surface area contributed by atoms with E-state index in [1.54, 1.807) is 0 Å². The van der Waals surface area contributed by atoms with Crippen molar-refractivity contribution < 1.29 is 19.8 Å². The fourth-order valence-electron chi connectivity index (χ4n) is 2.81. The number of carboxylic acids is 2. The molecule has 0 radical (unpaired) electrons. The molecule has 0 aliphatic rings. The average Bonchev–Trinajstić information content (AvgIpc) is 3.00. The van der Waals surface area contributed by atoms with Crippen molar-refractivity contribution in [1.82, 2.24) is 14.7 Å². The second-order valence-corrected chi connectivity index (χ2v) is 6.73. The molecule has 0 saturated heterocycles. The van der Waals surface area contributed by atoms with E-state index in [4.69, 9.17) is 24.9 Å². The first-order valence-corrected chi connectivity index (χ1v) is 8.93. The van der Waals surface area contributed by atoms with E-state index in [-0.39, 0.29) is 0 Å². The van der Waals surface area contributed by atoms with Crippen LogP contribution in [0.4, 0.5) is 0 Å². The van der Waals surface area contributed by atoms with Crippen molar-refractivity contribution in [3.63, 3.8) is 0 Å². The second kappa shape index (κ2) is 9.66. The molecule has 7 nitrogen and oxygen atoms in total. The Kier molecular flexibility index (Phi) is 7.28. The summed E-state index contributed by atoms with van der Waals surface area (Å²) in [6.07, 6.45) is 1.10. The number of carboxylic acid groups (broad SMARTS) is 2. The van der Waals surface area contributed by atoms with Gasteiger partial charge in [-0.25, -0.2) is 9.59 Å². The van der Waals surface area contributed by atoms with Gasteiger partial charge >= 0.3 is 11.9 Å². The van der Waals surface area contributed by atoms with Crippen LogP contribution in [0.2, 0.25) is 0 Å². The predicted molar refractivity (Wildman–Crippen MR) is 108 cm³/mol. The average molecular weight is 383 g/mol. The van der Waals surface area contributed by atoms with Gasteiger partial charge in [0.05, 0.1) is 5.52 Å². The Hall–Kier alpha value is -3.19. The molecule has 3 rings (SSSR count). The lowest BCUT2D eigenvalue weighted by molar-refractivity contribution is -0.159. The van der Waals surface area contributed by atoms with Crippen LogP contribution in [0.1, 0.15) is 12.0 Å². The Morgan fingerprint density at radius 3 is 2.25 bits per heavy atom. The smallest absolute Gasteiger partial charge is 0.414 e. The molecule has 0 aliphatic heterocycles. The first kappa shape index (κ1) is 21.1. The quantitative estimate of drug-likeness (QED) is 0.657. The van der Waals surface area contributed by atoms with Gasteiger partial charge in [-0.2, -0.15) is 5.10 Å². The summed E-state index contributed by atoms with van der Waals surface area (Å²) in [5.41, 5.74) is 4.77. The van der Waals surface area contributed by atoms with Gasteiger partial charge in [-0.1, -0.05) is 42.0 Å². The number of aryl methyl sites for hydroxylation is 2. The lowest BCUT2D eigenvalue weighted by atomic mass is 10.1. The van der Waals surface area contributed by atoms with Crippen LogP contribution < -0.4 is 0 Å². The van der Waals surface area contributed by atoms with Crippen LogP contribution in [-0.2, 0) is 16.1 Å². The highest BCUT2D eigenvalue weighted by atomic mass is 16.4. The monoisotopic (exact) mass is 383 g/mol. The highest BCUT2D eigenvalue weighted by Crippen LogP contribution is 2.28. The summed E-state index contributed by atoms with van der Waals surface area (Å²) >= 11 is 0. The zero-order chi connectivity index (χ0) is 20.7. The molecular weight excluding hydrogens is 358 g/mol. The van der Waals surface area contributed by atoms with E-state index >= 15 is 0 Å². The molecule has 1 heterocycles. The number of nitrogens with zero attached hydrogens (tertiary/aromatic N) is 3. The summed E-state index contributed by atoms with van der Waals surface area (Å²) in [5, 5.41) is 20.9. The zero-order valence-electron chi connectivity index (χ0n) is 16.3. The van der Waals surface area contributed by atoms with Crippen molar-refractivity contribution in [2.45, 2.75) is 19.9 Å². The van der Waals surface area contributed by atoms with Crippen LogP contribution >= 0.6 is 0 Å². The Balaban J connectivity index is 0.000000409. The maximum absolute atomic E-state index is 9.10. The predicted octanol–water partition coefficient (Wildman–Crippen LogP) is 3.12. The topological polar surface area (TPSA) is 95.7 Å². The van der Waals surface area contributed by atoms with E-state index in [2.05, 4.69) is 73.1 Å². The van der Waals surface area contributed by atoms with E-state index in [1.165, 1.54) is 22.0 Å². The third kappa shape index (κ3) is 5.65. The van der Waals surface area contributed by atoms with Gasteiger partial charge in [-0.15, -0.1) is 0 Å². The molecule has 7 heteroatoms. The maximum Gasteiger partial charge on any atom is 0.414 e. The third-order valence-corrected chi connectivity index (χ3v) is 4.11. The first-order valence-electron chi connectivity index (χ1n) is 8.93. The number of benzene rings is 2. The van der Waals surface area contributed by atoms with Crippen molar-refractivity contribution >= 4 is 22.8 Å². The van der Waals surface area contributed by atoms with Crippen LogP contribution in [0, 0.1) is 6.92 Å². The normalized spacial score (nSPS) is 10.6. The molecule has 0 amide bonds. The number of fused-ring (bicyclic) bond motifs is 1. The molecule has 0 bridgehead atoms. The lowest BCUT2D eigenvalue weighted by Crippen LogP contribution is -2.15. The van der Waals surface area contributed by atoms with E-state index in [0.29, 0.717) is 0 Å². The Morgan fingerprint density at radius 1 is 1.04 bits per heavy atom. The maximum atomic E-state index is 9.10. The number of hydrogen-bond acceptors (Lipinski definition) is 4. The summed E-state index contributed by atoms with van der Waals surface area (Å²) in [5.74, 6) is -3.65. The Morgan fingerprint density at radius 2 is 1.68 bits per heavy atom. The largest absolute Gasteiger partial charge is 0.473 e. The standard InChI is InChI=1S/C19H23N3.C2H2O4/c1-15-10-11-18-17(14-15)19(16-8-5-4-6-9-16)20-22(18)13-7-12-21(2)3;3-1(4)2(5)6/h4-6,8-11,14H,7,12-13H2,1-3H3;(H,3,4)(H,5,6). The van der Waals surface area contributed by atoms with E-state index < -0.39 is 11.9 Å². The summed E-state index contributed by atoms with van der Waals surface area (Å²) in [6.45, 7) is 4.16. The van der Waals surface area contributed by atoms with Crippen molar-refractivity contribution in [3.8, 4) is 11.3 Å². The van der Waals surface area contributed by atoms with Crippen molar-refractivity contribution in [1.29, 1.82) is 0 Å². The Bertz CT molecular complexity index is 937. The molecule has 1 aromatic heterocycles. The van der Waals surface area contributed by atoms with E-state index in [0.717, 1.165) is 25.2 Å². The second-order valence-electron chi connectivity index (χ2n) is 6.73. The molecule has 3 aromatic rings. The van der Waals surface area contributed by atoms with Gasteiger partial charge in [-0.05, 0) is 46.1 Å². The minimum atomic E-state index is -1.82. The molecular formula is C21H25N3O4. The molecule has 0 spiro atoms. The summed E-state index contributed by atoms with van der Waals surface area (Å²) in [7, 11) is 4.22. The van der Waals surface area contributed by atoms with Crippen LogP contribution in [0.25, 0.3) is 22.2 Å². The van der Waals surface area contributed by atoms with Gasteiger partial charge in [0, 0.05) is 17.5 Å². The fraction of sp³-hybridized carbons (Fsp3) is 0.286. The highest BCUT2D eigenvalue weighted by molar-refractivity contribution is 6.27. The van der Waals surface area contributed by atoms with Gasteiger partial charge in [0.2, 0.25) is 0 Å². The number of hydrogen-bond donors (Lipinski definition) is 2. The summed E-state index contributed by atoms with van der Waals surface area (Å²) < 4.78 is 2.15. The Labute approximate surface area is 163 Å². The third-order valence-electron chi connectivity index (χ3n) is 4.11. The first-order chi connectivity index (χ1) is 13.3. The molecule has 2 N–H and O–H groups in total. The lowest BCUT2D eigenvalue weighted by Gasteiger charge is -2.09. The number of aliphatic carboxylic acids is 2. The van der Waals surface area contributed by atoms with Crippen molar-refractivity contribution in [2.24, 2.45) is 0 Å². The van der Waals surface area contributed by atoms with Crippen molar-refractivity contribution in [3.05, 3.63) is 54.1 Å². The van der Waals surface area contributed by atoms with Gasteiger partial charge < -0.3 is 15.1 Å². The highest BCUT2D eigenvalue weighted by Gasteiger charge is 2.12. The molecule has 28 heavy (non-hydrogen) atoms.